The third-order valence-electron chi connectivity index (χ3n) is 2.83. The van der Waals surface area contributed by atoms with E-state index in [9.17, 15) is 8.78 Å². The molecule has 0 saturated heterocycles. The van der Waals surface area contributed by atoms with E-state index >= 15 is 0 Å². The first-order valence-electron chi connectivity index (χ1n) is 5.90. The Labute approximate surface area is 115 Å². The van der Waals surface area contributed by atoms with Gasteiger partial charge in [0.2, 0.25) is 0 Å². The Balaban J connectivity index is 2.12. The van der Waals surface area contributed by atoms with Gasteiger partial charge in [-0.1, -0.05) is 0 Å². The van der Waals surface area contributed by atoms with Crippen molar-refractivity contribution in [3.05, 3.63) is 59.2 Å². The predicted molar refractivity (Wildman–Crippen MR) is 71.4 cm³/mol. The van der Waals surface area contributed by atoms with Crippen molar-refractivity contribution in [3.63, 3.8) is 0 Å². The molecule has 1 N–H and O–H groups in total. The summed E-state index contributed by atoms with van der Waals surface area (Å²) in [5.41, 5.74) is 0.585. The number of nitrogens with one attached hydrogen (secondary N) is 1. The fraction of sp³-hybridized carbons (Fsp3) is 0.133. The minimum absolute atomic E-state index is 0.00426. The highest BCUT2D eigenvalue weighted by molar-refractivity contribution is 5.47. The Kier molecular flexibility index (Phi) is 4.16. The van der Waals surface area contributed by atoms with Crippen LogP contribution in [0.4, 0.5) is 14.5 Å². The number of ether oxygens (including phenoxy) is 1. The lowest BCUT2D eigenvalue weighted by Crippen LogP contribution is -2.05. The van der Waals surface area contributed by atoms with Gasteiger partial charge in [0, 0.05) is 17.8 Å². The molecular weight excluding hydrogens is 262 g/mol. The van der Waals surface area contributed by atoms with E-state index in [-0.39, 0.29) is 17.7 Å². The van der Waals surface area contributed by atoms with Crippen molar-refractivity contribution in [2.75, 3.05) is 12.4 Å². The third-order valence-corrected chi connectivity index (χ3v) is 2.83. The van der Waals surface area contributed by atoms with Crippen molar-refractivity contribution in [1.29, 1.82) is 5.26 Å². The van der Waals surface area contributed by atoms with Gasteiger partial charge in [0.15, 0.2) is 0 Å². The molecule has 0 aliphatic carbocycles. The van der Waals surface area contributed by atoms with Crippen LogP contribution < -0.4 is 10.1 Å². The summed E-state index contributed by atoms with van der Waals surface area (Å²) in [6.45, 7) is -0.00426. The molecule has 0 bridgehead atoms. The van der Waals surface area contributed by atoms with Gasteiger partial charge in [-0.15, -0.1) is 0 Å². The average Bonchev–Trinajstić information content (AvgIpc) is 2.46. The first-order chi connectivity index (χ1) is 9.63. The van der Waals surface area contributed by atoms with Crippen LogP contribution in [-0.4, -0.2) is 7.11 Å². The second-order valence-corrected chi connectivity index (χ2v) is 4.11. The number of halogens is 2. The topological polar surface area (TPSA) is 45.0 Å². The van der Waals surface area contributed by atoms with Crippen LogP contribution in [0.2, 0.25) is 0 Å². The lowest BCUT2D eigenvalue weighted by Gasteiger charge is -2.09. The Morgan fingerprint density at radius 1 is 1.15 bits per heavy atom. The zero-order valence-electron chi connectivity index (χ0n) is 10.8. The summed E-state index contributed by atoms with van der Waals surface area (Å²) in [6.07, 6.45) is 0. The molecule has 0 saturated carbocycles. The molecule has 0 unspecified atom stereocenters. The number of nitriles is 1. The van der Waals surface area contributed by atoms with E-state index in [1.54, 1.807) is 37.4 Å². The highest BCUT2D eigenvalue weighted by Crippen LogP contribution is 2.19. The molecule has 0 fully saturated rings. The van der Waals surface area contributed by atoms with Crippen LogP contribution >= 0.6 is 0 Å². The molecule has 20 heavy (non-hydrogen) atoms. The molecule has 0 atom stereocenters. The monoisotopic (exact) mass is 274 g/mol. The smallest absolute Gasteiger partial charge is 0.132 e. The minimum atomic E-state index is -0.734. The van der Waals surface area contributed by atoms with E-state index in [4.69, 9.17) is 10.00 Å². The number of nitrogens with zero attached hydrogens (tertiary/aromatic N) is 1. The maximum Gasteiger partial charge on any atom is 0.132 e. The number of benzene rings is 2. The van der Waals surface area contributed by atoms with Crippen molar-refractivity contribution in [1.82, 2.24) is 0 Å². The second kappa shape index (κ2) is 6.02. The molecule has 0 aliphatic rings. The Hall–Kier alpha value is -2.61. The van der Waals surface area contributed by atoms with Gasteiger partial charge in [0.1, 0.15) is 17.4 Å². The fourth-order valence-corrected chi connectivity index (χ4v) is 1.74. The van der Waals surface area contributed by atoms with Gasteiger partial charge in [-0.05, 0) is 36.4 Å². The number of methoxy groups -OCH3 is 1. The Morgan fingerprint density at radius 3 is 2.25 bits per heavy atom. The van der Waals surface area contributed by atoms with Gasteiger partial charge in [0.05, 0.1) is 18.7 Å². The summed E-state index contributed by atoms with van der Waals surface area (Å²) in [6, 6.07) is 10.7. The van der Waals surface area contributed by atoms with Gasteiger partial charge >= 0.3 is 0 Å². The molecule has 0 spiro atoms. The predicted octanol–water partition coefficient (Wildman–Crippen LogP) is 3.46. The lowest BCUT2D eigenvalue weighted by molar-refractivity contribution is 0.415. The largest absolute Gasteiger partial charge is 0.497 e. The lowest BCUT2D eigenvalue weighted by atomic mass is 10.1. The molecule has 0 amide bonds. The van der Waals surface area contributed by atoms with Gasteiger partial charge in [-0.2, -0.15) is 5.26 Å². The number of hydrogen-bond donors (Lipinski definition) is 1. The maximum atomic E-state index is 13.7. The molecule has 5 heteroatoms. The molecule has 0 aliphatic heterocycles. The van der Waals surface area contributed by atoms with Crippen molar-refractivity contribution < 1.29 is 13.5 Å². The summed E-state index contributed by atoms with van der Waals surface area (Å²) in [4.78, 5) is 0. The fourth-order valence-electron chi connectivity index (χ4n) is 1.74. The molecule has 0 heterocycles. The molecule has 0 radical (unpaired) electrons. The minimum Gasteiger partial charge on any atom is -0.497 e. The number of hydrogen-bond acceptors (Lipinski definition) is 3. The van der Waals surface area contributed by atoms with Gasteiger partial charge < -0.3 is 10.1 Å². The summed E-state index contributed by atoms with van der Waals surface area (Å²) < 4.78 is 32.4. The van der Waals surface area contributed by atoms with Gasteiger partial charge in [-0.3, -0.25) is 0 Å². The highest BCUT2D eigenvalue weighted by atomic mass is 19.1. The highest BCUT2D eigenvalue weighted by Gasteiger charge is 2.11. The average molecular weight is 274 g/mol. The van der Waals surface area contributed by atoms with Crippen LogP contribution in [0.5, 0.6) is 5.75 Å². The summed E-state index contributed by atoms with van der Waals surface area (Å²) in [5, 5.41) is 11.5. The molecule has 3 nitrogen and oxygen atoms in total. The van der Waals surface area contributed by atoms with E-state index in [1.807, 2.05) is 0 Å². The maximum absolute atomic E-state index is 13.7. The molecule has 2 rings (SSSR count). The van der Waals surface area contributed by atoms with Crippen molar-refractivity contribution in [2.45, 2.75) is 6.54 Å². The molecule has 0 aromatic heterocycles. The van der Waals surface area contributed by atoms with E-state index in [2.05, 4.69) is 5.32 Å². The van der Waals surface area contributed by atoms with Crippen LogP contribution in [0, 0.1) is 23.0 Å². The zero-order chi connectivity index (χ0) is 14.5. The van der Waals surface area contributed by atoms with Crippen LogP contribution in [0.1, 0.15) is 11.1 Å². The van der Waals surface area contributed by atoms with Crippen molar-refractivity contribution in [3.8, 4) is 11.8 Å². The van der Waals surface area contributed by atoms with Crippen molar-refractivity contribution in [2.24, 2.45) is 0 Å². The zero-order valence-corrected chi connectivity index (χ0v) is 10.8. The normalized spacial score (nSPS) is 9.90. The van der Waals surface area contributed by atoms with E-state index in [1.165, 1.54) is 0 Å². The summed E-state index contributed by atoms with van der Waals surface area (Å²) in [7, 11) is 1.56. The number of rotatable bonds is 4. The van der Waals surface area contributed by atoms with E-state index < -0.39 is 11.6 Å². The van der Waals surface area contributed by atoms with Crippen LogP contribution in [-0.2, 0) is 6.54 Å². The van der Waals surface area contributed by atoms with E-state index in [0.29, 0.717) is 11.4 Å². The van der Waals surface area contributed by atoms with E-state index in [0.717, 1.165) is 12.1 Å². The van der Waals surface area contributed by atoms with Crippen LogP contribution in [0.15, 0.2) is 36.4 Å². The molecule has 2 aromatic rings. The Morgan fingerprint density at radius 2 is 1.75 bits per heavy atom. The first-order valence-corrected chi connectivity index (χ1v) is 5.90. The molecule has 102 valence electrons. The number of anilines is 1. The van der Waals surface area contributed by atoms with Gasteiger partial charge in [0.25, 0.3) is 0 Å². The van der Waals surface area contributed by atoms with Crippen LogP contribution in [0.3, 0.4) is 0 Å². The standard InChI is InChI=1S/C15H12F2N2O/c1-20-12-4-2-11(3-5-12)19-9-13-14(16)6-10(8-18)7-15(13)17/h2-7,19H,9H2,1H3. The quantitative estimate of drug-likeness (QED) is 0.928. The summed E-state index contributed by atoms with van der Waals surface area (Å²) >= 11 is 0. The van der Waals surface area contributed by atoms with Gasteiger partial charge in [-0.25, -0.2) is 8.78 Å². The third kappa shape index (κ3) is 3.04. The van der Waals surface area contributed by atoms with Crippen molar-refractivity contribution >= 4 is 5.69 Å². The Bertz CT molecular complexity index is 625. The SMILES string of the molecule is COc1ccc(NCc2c(F)cc(C#N)cc2F)cc1. The van der Waals surface area contributed by atoms with Crippen LogP contribution in [0.25, 0.3) is 0 Å². The first kappa shape index (κ1) is 13.8. The summed E-state index contributed by atoms with van der Waals surface area (Å²) in [5.74, 6) is -0.767. The molecular formula is C15H12F2N2O. The molecule has 2 aromatic carbocycles. The second-order valence-electron chi connectivity index (χ2n) is 4.11.